The second-order valence-electron chi connectivity index (χ2n) is 6.50. The third kappa shape index (κ3) is 3.59. The molecular formula is C21H18FN5O4. The van der Waals surface area contributed by atoms with Crippen LogP contribution in [-0.4, -0.2) is 39.1 Å². The predicted octanol–water partition coefficient (Wildman–Crippen LogP) is 2.42. The lowest BCUT2D eigenvalue weighted by Gasteiger charge is -2.11. The fourth-order valence-electron chi connectivity index (χ4n) is 3.20. The van der Waals surface area contributed by atoms with E-state index < -0.39 is 17.4 Å². The number of benzene rings is 2. The number of methoxy groups -OCH3 is 1. The Bertz CT molecular complexity index is 1340. The minimum Gasteiger partial charge on any atom is -0.493 e. The third-order valence-corrected chi connectivity index (χ3v) is 4.58. The number of nitrogens with one attached hydrogen (secondary N) is 1. The number of fused-ring (bicyclic) bond motifs is 1. The number of H-pyrrole nitrogens is 1. The zero-order chi connectivity index (χ0) is 22.1. The van der Waals surface area contributed by atoms with E-state index in [0.29, 0.717) is 29.4 Å². The van der Waals surface area contributed by atoms with Crippen LogP contribution in [0.5, 0.6) is 11.5 Å². The molecule has 2 aromatic carbocycles. The molecule has 0 unspecified atom stereocenters. The fraction of sp³-hybridized carbons (Fsp3) is 0.143. The summed E-state index contributed by atoms with van der Waals surface area (Å²) in [6.07, 6.45) is 0. The van der Waals surface area contributed by atoms with E-state index in [1.165, 1.54) is 35.9 Å². The number of nitrogens with zero attached hydrogens (tertiary/aromatic N) is 3. The number of rotatable bonds is 6. The first-order valence-corrected chi connectivity index (χ1v) is 9.32. The van der Waals surface area contributed by atoms with Gasteiger partial charge in [-0.1, -0.05) is 0 Å². The van der Waals surface area contributed by atoms with Crippen molar-refractivity contribution in [3.63, 3.8) is 0 Å². The molecule has 4 rings (SSSR count). The Morgan fingerprint density at radius 1 is 1.16 bits per heavy atom. The number of carbonyl (C=O) groups excluding carboxylic acids is 1. The Balaban J connectivity index is 1.97. The summed E-state index contributed by atoms with van der Waals surface area (Å²) in [6, 6.07) is 10.3. The van der Waals surface area contributed by atoms with Gasteiger partial charge in [0, 0.05) is 5.56 Å². The standard InChI is InChI=1S/C21H18FN5O4/c1-3-31-14-9-4-11(10-15(14)30-2)19-24-16(18(23)28)17-20(26-19)27(21(29)25-17)13-7-5-12(22)6-8-13/h4-10H,3H2,1-2H3,(H2,23,28)(H,25,29). The van der Waals surface area contributed by atoms with E-state index in [2.05, 4.69) is 15.0 Å². The normalized spacial score (nSPS) is 10.9. The van der Waals surface area contributed by atoms with E-state index in [9.17, 15) is 14.0 Å². The van der Waals surface area contributed by atoms with Crippen LogP contribution in [0.3, 0.4) is 0 Å². The largest absolute Gasteiger partial charge is 0.493 e. The molecule has 0 saturated heterocycles. The Labute approximate surface area is 175 Å². The molecule has 0 aliphatic rings. The van der Waals surface area contributed by atoms with Gasteiger partial charge >= 0.3 is 5.69 Å². The molecule has 0 atom stereocenters. The van der Waals surface area contributed by atoms with Crippen LogP contribution in [-0.2, 0) is 0 Å². The molecule has 1 amide bonds. The monoisotopic (exact) mass is 423 g/mol. The topological polar surface area (TPSA) is 125 Å². The van der Waals surface area contributed by atoms with Crippen LogP contribution in [0.4, 0.5) is 4.39 Å². The van der Waals surface area contributed by atoms with E-state index >= 15 is 0 Å². The first kappa shape index (κ1) is 20.1. The molecule has 0 aliphatic heterocycles. The van der Waals surface area contributed by atoms with Crippen LogP contribution in [0.15, 0.2) is 47.3 Å². The summed E-state index contributed by atoms with van der Waals surface area (Å²) in [6.45, 7) is 2.31. The van der Waals surface area contributed by atoms with Crippen LogP contribution in [0.25, 0.3) is 28.2 Å². The van der Waals surface area contributed by atoms with E-state index in [-0.39, 0.29) is 22.7 Å². The van der Waals surface area contributed by atoms with E-state index in [1.54, 1.807) is 18.2 Å². The van der Waals surface area contributed by atoms with Crippen molar-refractivity contribution in [2.45, 2.75) is 6.92 Å². The fourth-order valence-corrected chi connectivity index (χ4v) is 3.20. The van der Waals surface area contributed by atoms with Crippen molar-refractivity contribution in [1.29, 1.82) is 0 Å². The van der Waals surface area contributed by atoms with Crippen LogP contribution >= 0.6 is 0 Å². The third-order valence-electron chi connectivity index (χ3n) is 4.58. The van der Waals surface area contributed by atoms with Crippen molar-refractivity contribution in [2.24, 2.45) is 5.73 Å². The SMILES string of the molecule is CCOc1ccc(-c2nc(C(N)=O)c3[nH]c(=O)n(-c4ccc(F)cc4)c3n2)cc1OC. The summed E-state index contributed by atoms with van der Waals surface area (Å²) in [5, 5.41) is 0. The number of hydrogen-bond acceptors (Lipinski definition) is 6. The Morgan fingerprint density at radius 2 is 1.90 bits per heavy atom. The van der Waals surface area contributed by atoms with Crippen LogP contribution in [0.1, 0.15) is 17.4 Å². The zero-order valence-corrected chi connectivity index (χ0v) is 16.7. The summed E-state index contributed by atoms with van der Waals surface area (Å²) in [5.74, 6) is -0.147. The number of halogens is 1. The summed E-state index contributed by atoms with van der Waals surface area (Å²) >= 11 is 0. The molecule has 0 radical (unpaired) electrons. The van der Waals surface area contributed by atoms with Gasteiger partial charge < -0.3 is 20.2 Å². The highest BCUT2D eigenvalue weighted by molar-refractivity contribution is 6.02. The zero-order valence-electron chi connectivity index (χ0n) is 16.7. The average Bonchev–Trinajstić information content (AvgIpc) is 3.09. The van der Waals surface area contributed by atoms with Gasteiger partial charge in [-0.25, -0.2) is 23.7 Å². The summed E-state index contributed by atoms with van der Waals surface area (Å²) in [4.78, 5) is 36.0. The predicted molar refractivity (Wildman–Crippen MR) is 111 cm³/mol. The van der Waals surface area contributed by atoms with Gasteiger partial charge in [-0.3, -0.25) is 4.79 Å². The molecule has 0 spiro atoms. The number of amides is 1. The van der Waals surface area contributed by atoms with E-state index in [4.69, 9.17) is 15.2 Å². The van der Waals surface area contributed by atoms with Gasteiger partial charge in [0.1, 0.15) is 11.3 Å². The van der Waals surface area contributed by atoms with Crippen molar-refractivity contribution in [2.75, 3.05) is 13.7 Å². The van der Waals surface area contributed by atoms with Crippen molar-refractivity contribution < 1.29 is 18.7 Å². The maximum atomic E-state index is 13.4. The second-order valence-corrected chi connectivity index (χ2v) is 6.50. The molecule has 10 heteroatoms. The Kier molecular flexibility index (Phi) is 5.12. The molecule has 9 nitrogen and oxygen atoms in total. The quantitative estimate of drug-likeness (QED) is 0.491. The van der Waals surface area contributed by atoms with Gasteiger partial charge in [0.15, 0.2) is 28.7 Å². The molecule has 2 heterocycles. The molecule has 4 aromatic rings. The van der Waals surface area contributed by atoms with Crippen LogP contribution in [0, 0.1) is 5.82 Å². The highest BCUT2D eigenvalue weighted by Gasteiger charge is 2.21. The number of aromatic amines is 1. The lowest BCUT2D eigenvalue weighted by atomic mass is 10.1. The Hall–Kier alpha value is -4.21. The molecular weight excluding hydrogens is 405 g/mol. The number of ether oxygens (including phenoxy) is 2. The first-order valence-electron chi connectivity index (χ1n) is 9.32. The van der Waals surface area contributed by atoms with E-state index in [1.807, 2.05) is 6.92 Å². The minimum absolute atomic E-state index is 0.0866. The maximum Gasteiger partial charge on any atom is 0.332 e. The van der Waals surface area contributed by atoms with Crippen molar-refractivity contribution in [3.05, 3.63) is 64.5 Å². The molecule has 31 heavy (non-hydrogen) atoms. The van der Waals surface area contributed by atoms with E-state index in [0.717, 1.165) is 0 Å². The van der Waals surface area contributed by atoms with Gasteiger partial charge in [0.2, 0.25) is 0 Å². The molecule has 2 aromatic heterocycles. The molecule has 0 bridgehead atoms. The van der Waals surface area contributed by atoms with Crippen molar-refractivity contribution >= 4 is 17.1 Å². The van der Waals surface area contributed by atoms with Gasteiger partial charge in [-0.2, -0.15) is 0 Å². The number of primary amides is 1. The second kappa shape index (κ2) is 7.90. The van der Waals surface area contributed by atoms with Crippen LogP contribution in [0.2, 0.25) is 0 Å². The molecule has 0 fully saturated rings. The van der Waals surface area contributed by atoms with Crippen molar-refractivity contribution in [1.82, 2.24) is 19.5 Å². The molecule has 0 saturated carbocycles. The first-order chi connectivity index (χ1) is 14.9. The maximum absolute atomic E-state index is 13.4. The lowest BCUT2D eigenvalue weighted by Crippen LogP contribution is -2.15. The highest BCUT2D eigenvalue weighted by atomic mass is 19.1. The van der Waals surface area contributed by atoms with Gasteiger partial charge in [0.25, 0.3) is 5.91 Å². The molecule has 0 aliphatic carbocycles. The number of aromatic nitrogens is 4. The molecule has 3 N–H and O–H groups in total. The van der Waals surface area contributed by atoms with Crippen LogP contribution < -0.4 is 20.9 Å². The number of carbonyl (C=O) groups is 1. The summed E-state index contributed by atoms with van der Waals surface area (Å²) in [5.41, 5.74) is 5.89. The van der Waals surface area contributed by atoms with Crippen molar-refractivity contribution in [3.8, 4) is 28.6 Å². The van der Waals surface area contributed by atoms with Gasteiger partial charge in [0.05, 0.1) is 19.4 Å². The minimum atomic E-state index is -0.834. The summed E-state index contributed by atoms with van der Waals surface area (Å²) < 4.78 is 25.5. The number of imidazole rings is 1. The smallest absolute Gasteiger partial charge is 0.332 e. The van der Waals surface area contributed by atoms with Gasteiger partial charge in [-0.15, -0.1) is 0 Å². The number of nitrogens with two attached hydrogens (primary N) is 1. The average molecular weight is 423 g/mol. The number of hydrogen-bond donors (Lipinski definition) is 2. The highest BCUT2D eigenvalue weighted by Crippen LogP contribution is 2.32. The Morgan fingerprint density at radius 3 is 2.55 bits per heavy atom. The van der Waals surface area contributed by atoms with Gasteiger partial charge in [-0.05, 0) is 49.4 Å². The lowest BCUT2D eigenvalue weighted by molar-refractivity contribution is 0.0997. The summed E-state index contributed by atoms with van der Waals surface area (Å²) in [7, 11) is 1.50. The molecule has 158 valence electrons.